The van der Waals surface area contributed by atoms with Crippen molar-refractivity contribution < 1.29 is 39.7 Å². The molecule has 2 rings (SSSR count). The van der Waals surface area contributed by atoms with Crippen LogP contribution >= 0.6 is 0 Å². The number of ether oxygens (including phenoxy) is 3. The van der Waals surface area contributed by atoms with E-state index in [2.05, 4.69) is 0 Å². The zero-order valence-corrected chi connectivity index (χ0v) is 13.5. The van der Waals surface area contributed by atoms with Gasteiger partial charge in [0.1, 0.15) is 36.3 Å². The van der Waals surface area contributed by atoms with Crippen LogP contribution in [0.2, 0.25) is 0 Å². The zero-order valence-electron chi connectivity index (χ0n) is 13.5. The molecule has 0 unspecified atom stereocenters. The molecule has 1 fully saturated rings. The maximum Gasteiger partial charge on any atom is 0.187 e. The first-order valence-electron chi connectivity index (χ1n) is 7.67. The van der Waals surface area contributed by atoms with E-state index in [1.165, 1.54) is 7.11 Å². The highest BCUT2D eigenvalue weighted by molar-refractivity contribution is 5.28. The van der Waals surface area contributed by atoms with E-state index in [-0.39, 0.29) is 0 Å². The summed E-state index contributed by atoms with van der Waals surface area (Å²) in [6, 6.07) is 6.74. The van der Waals surface area contributed by atoms with Crippen LogP contribution in [0.1, 0.15) is 18.6 Å². The minimum atomic E-state index is -1.52. The Hall–Kier alpha value is -1.26. The fraction of sp³-hybridized carbons (Fsp3) is 0.625. The summed E-state index contributed by atoms with van der Waals surface area (Å²) >= 11 is 0. The van der Waals surface area contributed by atoms with E-state index in [0.717, 1.165) is 0 Å². The van der Waals surface area contributed by atoms with E-state index in [9.17, 15) is 20.4 Å². The van der Waals surface area contributed by atoms with Gasteiger partial charge in [-0.2, -0.15) is 0 Å². The summed E-state index contributed by atoms with van der Waals surface area (Å²) in [5, 5.41) is 48.9. The normalized spacial score (nSPS) is 33.0. The van der Waals surface area contributed by atoms with Crippen LogP contribution in [0.5, 0.6) is 5.75 Å². The van der Waals surface area contributed by atoms with Gasteiger partial charge >= 0.3 is 0 Å². The Labute approximate surface area is 139 Å². The van der Waals surface area contributed by atoms with E-state index >= 15 is 0 Å². The summed E-state index contributed by atoms with van der Waals surface area (Å²) in [6.07, 6.45) is -8.61. The maximum absolute atomic E-state index is 10.3. The lowest BCUT2D eigenvalue weighted by Crippen LogP contribution is -2.59. The van der Waals surface area contributed by atoms with Crippen molar-refractivity contribution >= 4 is 0 Å². The Morgan fingerprint density at radius 1 is 1.08 bits per heavy atom. The molecule has 0 bridgehead atoms. The quantitative estimate of drug-likeness (QED) is 0.441. The van der Waals surface area contributed by atoms with Gasteiger partial charge in [0.15, 0.2) is 6.29 Å². The first-order valence-corrected chi connectivity index (χ1v) is 7.67. The molecule has 24 heavy (non-hydrogen) atoms. The molecule has 0 aliphatic carbocycles. The van der Waals surface area contributed by atoms with Crippen LogP contribution in [0.15, 0.2) is 24.3 Å². The van der Waals surface area contributed by atoms with Crippen molar-refractivity contribution in [1.29, 1.82) is 0 Å². The third kappa shape index (κ3) is 4.04. The highest BCUT2D eigenvalue weighted by Crippen LogP contribution is 2.27. The molecule has 0 amide bonds. The molecule has 1 aliphatic rings. The molecule has 7 atom stereocenters. The molecule has 1 heterocycles. The molecular formula is C16H24O8. The Balaban J connectivity index is 2.02. The number of methoxy groups -OCH3 is 1. The predicted molar refractivity (Wildman–Crippen MR) is 82.3 cm³/mol. The van der Waals surface area contributed by atoms with Crippen molar-refractivity contribution in [3.63, 3.8) is 0 Å². The Morgan fingerprint density at radius 2 is 1.71 bits per heavy atom. The third-order valence-electron chi connectivity index (χ3n) is 4.10. The van der Waals surface area contributed by atoms with Crippen LogP contribution in [-0.4, -0.2) is 76.1 Å². The summed E-state index contributed by atoms with van der Waals surface area (Å²) in [4.78, 5) is 0. The van der Waals surface area contributed by atoms with E-state index < -0.39 is 49.5 Å². The summed E-state index contributed by atoms with van der Waals surface area (Å²) in [6.45, 7) is 1.04. The van der Waals surface area contributed by atoms with Gasteiger partial charge in [-0.15, -0.1) is 0 Å². The van der Waals surface area contributed by atoms with E-state index in [4.69, 9.17) is 19.3 Å². The highest BCUT2D eigenvalue weighted by Gasteiger charge is 2.44. The Kier molecular flexibility index (Phi) is 6.53. The number of rotatable bonds is 6. The SMILES string of the molecule is COc1ccc([C@@H](O)[C@H](C)O[C@H]2O[C@@H](CO)[C@@H](O)[C@@H](O)[C@H]2O)cc1. The number of hydrogen-bond acceptors (Lipinski definition) is 8. The Bertz CT molecular complexity index is 505. The number of hydrogen-bond donors (Lipinski definition) is 5. The second kappa shape index (κ2) is 8.21. The second-order valence-corrected chi connectivity index (χ2v) is 5.76. The van der Waals surface area contributed by atoms with Gasteiger partial charge in [0.05, 0.1) is 19.8 Å². The average molecular weight is 344 g/mol. The highest BCUT2D eigenvalue weighted by atomic mass is 16.7. The van der Waals surface area contributed by atoms with Crippen LogP contribution in [0.25, 0.3) is 0 Å². The first-order chi connectivity index (χ1) is 11.4. The first kappa shape index (κ1) is 19.1. The van der Waals surface area contributed by atoms with Crippen LogP contribution in [0.4, 0.5) is 0 Å². The zero-order chi connectivity index (χ0) is 17.9. The number of benzene rings is 1. The van der Waals surface area contributed by atoms with Crippen LogP contribution < -0.4 is 4.74 Å². The number of aliphatic hydroxyl groups is 5. The topological polar surface area (TPSA) is 129 Å². The van der Waals surface area contributed by atoms with Crippen molar-refractivity contribution in [2.75, 3.05) is 13.7 Å². The van der Waals surface area contributed by atoms with Crippen molar-refractivity contribution in [2.24, 2.45) is 0 Å². The van der Waals surface area contributed by atoms with Crippen LogP contribution in [0.3, 0.4) is 0 Å². The smallest absolute Gasteiger partial charge is 0.187 e. The van der Waals surface area contributed by atoms with Crippen LogP contribution in [0, 0.1) is 0 Å². The van der Waals surface area contributed by atoms with E-state index in [1.807, 2.05) is 0 Å². The Morgan fingerprint density at radius 3 is 2.25 bits per heavy atom. The van der Waals surface area contributed by atoms with E-state index in [0.29, 0.717) is 11.3 Å². The van der Waals surface area contributed by atoms with E-state index in [1.54, 1.807) is 31.2 Å². The summed E-state index contributed by atoms with van der Waals surface area (Å²) in [7, 11) is 1.54. The van der Waals surface area contributed by atoms with Gasteiger partial charge in [-0.05, 0) is 24.6 Å². The molecule has 0 spiro atoms. The molecule has 8 heteroatoms. The lowest BCUT2D eigenvalue weighted by molar-refractivity contribution is -0.315. The lowest BCUT2D eigenvalue weighted by atomic mass is 9.99. The molecule has 8 nitrogen and oxygen atoms in total. The molecule has 1 aromatic rings. The molecule has 0 aromatic heterocycles. The predicted octanol–water partition coefficient (Wildman–Crippen LogP) is -1.07. The summed E-state index contributed by atoms with van der Waals surface area (Å²) < 4.78 is 15.8. The molecular weight excluding hydrogens is 320 g/mol. The molecule has 5 N–H and O–H groups in total. The molecule has 1 saturated heterocycles. The minimum absolute atomic E-state index is 0.541. The summed E-state index contributed by atoms with van der Waals surface area (Å²) in [5.74, 6) is 0.647. The molecule has 0 radical (unpaired) electrons. The van der Waals surface area contributed by atoms with Gasteiger partial charge in [-0.25, -0.2) is 0 Å². The maximum atomic E-state index is 10.3. The van der Waals surface area contributed by atoms with Gasteiger partial charge in [0.25, 0.3) is 0 Å². The largest absolute Gasteiger partial charge is 0.497 e. The molecule has 1 aromatic carbocycles. The lowest BCUT2D eigenvalue weighted by Gasteiger charge is -2.41. The van der Waals surface area contributed by atoms with Crippen LogP contribution in [-0.2, 0) is 9.47 Å². The van der Waals surface area contributed by atoms with Gasteiger partial charge in [0, 0.05) is 0 Å². The van der Waals surface area contributed by atoms with Gasteiger partial charge in [0.2, 0.25) is 0 Å². The monoisotopic (exact) mass is 344 g/mol. The minimum Gasteiger partial charge on any atom is -0.497 e. The average Bonchev–Trinajstić information content (AvgIpc) is 2.61. The molecule has 0 saturated carbocycles. The third-order valence-corrected chi connectivity index (χ3v) is 4.10. The van der Waals surface area contributed by atoms with Crippen molar-refractivity contribution in [1.82, 2.24) is 0 Å². The fourth-order valence-corrected chi connectivity index (χ4v) is 2.54. The van der Waals surface area contributed by atoms with Gasteiger partial charge in [-0.3, -0.25) is 0 Å². The molecule has 136 valence electrons. The standard InChI is InChI=1S/C16H24O8/c1-8(12(18)9-3-5-10(22-2)6-4-9)23-16-15(21)14(20)13(19)11(7-17)24-16/h3-6,8,11-21H,7H2,1-2H3/t8-,11-,12-,13+,14+,15+,16-/m0/s1. The number of aliphatic hydroxyl groups excluding tert-OH is 5. The van der Waals surface area contributed by atoms with Crippen molar-refractivity contribution in [3.8, 4) is 5.75 Å². The fourth-order valence-electron chi connectivity index (χ4n) is 2.54. The van der Waals surface area contributed by atoms with Gasteiger partial charge < -0.3 is 39.7 Å². The summed E-state index contributed by atoms with van der Waals surface area (Å²) in [5.41, 5.74) is 0.577. The van der Waals surface area contributed by atoms with Crippen molar-refractivity contribution in [3.05, 3.63) is 29.8 Å². The van der Waals surface area contributed by atoms with Crippen molar-refractivity contribution in [2.45, 2.75) is 49.8 Å². The van der Waals surface area contributed by atoms with Gasteiger partial charge in [-0.1, -0.05) is 12.1 Å². The molecule has 1 aliphatic heterocycles. The second-order valence-electron chi connectivity index (χ2n) is 5.76.